The fraction of sp³-hybridized carbons (Fsp3) is 0.481. The Hall–Kier alpha value is -2.66. The molecule has 2 aromatic rings. The molecule has 5 heteroatoms. The van der Waals surface area contributed by atoms with E-state index in [4.69, 9.17) is 9.47 Å². The summed E-state index contributed by atoms with van der Waals surface area (Å²) < 4.78 is 12.1. The van der Waals surface area contributed by atoms with Gasteiger partial charge >= 0.3 is 0 Å². The van der Waals surface area contributed by atoms with Gasteiger partial charge in [-0.05, 0) is 70.1 Å². The minimum Gasteiger partial charge on any atom is -0.493 e. The largest absolute Gasteiger partial charge is 0.493 e. The van der Waals surface area contributed by atoms with Crippen molar-refractivity contribution in [2.75, 3.05) is 6.61 Å². The van der Waals surface area contributed by atoms with Gasteiger partial charge in [-0.1, -0.05) is 30.3 Å². The van der Waals surface area contributed by atoms with E-state index in [1.807, 2.05) is 19.9 Å². The first-order valence-corrected chi connectivity index (χ1v) is 11.5. The fourth-order valence-corrected chi connectivity index (χ4v) is 4.33. The Morgan fingerprint density at radius 1 is 1.12 bits per heavy atom. The molecule has 2 aromatic carbocycles. The number of aryl methyl sites for hydroxylation is 1. The van der Waals surface area contributed by atoms with Gasteiger partial charge in [0.1, 0.15) is 22.9 Å². The quantitative estimate of drug-likeness (QED) is 0.481. The van der Waals surface area contributed by atoms with Crippen LogP contribution in [0.1, 0.15) is 74.4 Å². The normalized spacial score (nSPS) is 16.9. The molecule has 1 atom stereocenters. The number of carbonyl (C=O) groups excluding carboxylic acids is 2. The summed E-state index contributed by atoms with van der Waals surface area (Å²) in [5.41, 5.74) is 1.54. The van der Waals surface area contributed by atoms with Gasteiger partial charge in [0.15, 0.2) is 5.78 Å². The number of unbranched alkanes of at least 4 members (excludes halogenated alkanes) is 2. The van der Waals surface area contributed by atoms with Gasteiger partial charge in [-0.3, -0.25) is 4.79 Å². The van der Waals surface area contributed by atoms with E-state index in [1.165, 1.54) is 12.5 Å². The molecule has 1 aliphatic heterocycles. The second-order valence-corrected chi connectivity index (χ2v) is 9.12. The molecule has 0 saturated heterocycles. The van der Waals surface area contributed by atoms with E-state index in [-0.39, 0.29) is 18.2 Å². The molecule has 0 amide bonds. The molecule has 1 aliphatic rings. The zero-order chi connectivity index (χ0) is 23.1. The molecule has 0 saturated carbocycles. The van der Waals surface area contributed by atoms with Crippen LogP contribution in [0.15, 0.2) is 42.5 Å². The van der Waals surface area contributed by atoms with Gasteiger partial charge in [0.05, 0.1) is 24.7 Å². The second kappa shape index (κ2) is 10.8. The number of benzene rings is 2. The molecule has 0 radical (unpaired) electrons. The molecule has 0 fully saturated rings. The molecule has 1 unspecified atom stereocenters. The fourth-order valence-electron chi connectivity index (χ4n) is 4.33. The van der Waals surface area contributed by atoms with Crippen LogP contribution in [-0.2, 0) is 17.8 Å². The standard InChI is InChI=1S/C27H34O5/c1-19(29)13-14-23-26(30)25-21(18-28)16-22(17-24(25)32-27(23,2)3)31-15-9-5-8-12-20-10-6-4-7-11-20/h4,6-7,10-11,16-17,23,28H,5,8-9,12-15,18H2,1-3H3. The van der Waals surface area contributed by atoms with E-state index in [0.717, 1.165) is 25.7 Å². The first-order valence-electron chi connectivity index (χ1n) is 11.5. The van der Waals surface area contributed by atoms with Crippen molar-refractivity contribution < 1.29 is 24.2 Å². The molecule has 172 valence electrons. The van der Waals surface area contributed by atoms with Crippen molar-refractivity contribution in [3.8, 4) is 11.5 Å². The maximum atomic E-state index is 13.2. The van der Waals surface area contributed by atoms with Crippen LogP contribution in [0.4, 0.5) is 0 Å². The van der Waals surface area contributed by atoms with Gasteiger partial charge in [-0.15, -0.1) is 0 Å². The van der Waals surface area contributed by atoms with E-state index in [0.29, 0.717) is 42.1 Å². The zero-order valence-corrected chi connectivity index (χ0v) is 19.4. The highest BCUT2D eigenvalue weighted by atomic mass is 16.5. The van der Waals surface area contributed by atoms with Crippen LogP contribution in [0.3, 0.4) is 0 Å². The van der Waals surface area contributed by atoms with Gasteiger partial charge in [0.2, 0.25) is 0 Å². The monoisotopic (exact) mass is 438 g/mol. The van der Waals surface area contributed by atoms with E-state index >= 15 is 0 Å². The molecule has 0 aromatic heterocycles. The molecular weight excluding hydrogens is 404 g/mol. The van der Waals surface area contributed by atoms with Gasteiger partial charge in [-0.25, -0.2) is 0 Å². The van der Waals surface area contributed by atoms with Crippen molar-refractivity contribution in [1.29, 1.82) is 0 Å². The van der Waals surface area contributed by atoms with Crippen molar-refractivity contribution in [1.82, 2.24) is 0 Å². The number of hydrogen-bond acceptors (Lipinski definition) is 5. The first-order chi connectivity index (χ1) is 15.3. The summed E-state index contributed by atoms with van der Waals surface area (Å²) in [5.74, 6) is 0.593. The molecule has 1 heterocycles. The third-order valence-electron chi connectivity index (χ3n) is 6.11. The van der Waals surface area contributed by atoms with Crippen LogP contribution in [0.2, 0.25) is 0 Å². The molecule has 0 spiro atoms. The highest BCUT2D eigenvalue weighted by Gasteiger charge is 2.44. The number of ketones is 2. The summed E-state index contributed by atoms with van der Waals surface area (Å²) in [6, 6.07) is 13.9. The van der Waals surface area contributed by atoms with Crippen LogP contribution in [0, 0.1) is 5.92 Å². The van der Waals surface area contributed by atoms with Crippen LogP contribution in [0.25, 0.3) is 0 Å². The van der Waals surface area contributed by atoms with Gasteiger partial charge < -0.3 is 19.4 Å². The Morgan fingerprint density at radius 2 is 1.88 bits per heavy atom. The summed E-state index contributed by atoms with van der Waals surface area (Å²) in [6.45, 7) is 5.57. The van der Waals surface area contributed by atoms with Crippen molar-refractivity contribution in [3.05, 3.63) is 59.2 Å². The van der Waals surface area contributed by atoms with Crippen molar-refractivity contribution in [2.45, 2.75) is 71.5 Å². The summed E-state index contributed by atoms with van der Waals surface area (Å²) in [4.78, 5) is 24.7. The van der Waals surface area contributed by atoms with Crippen LogP contribution in [0.5, 0.6) is 11.5 Å². The van der Waals surface area contributed by atoms with Crippen LogP contribution < -0.4 is 9.47 Å². The molecule has 0 aliphatic carbocycles. The third-order valence-corrected chi connectivity index (χ3v) is 6.11. The smallest absolute Gasteiger partial charge is 0.174 e. The predicted octanol–water partition coefficient (Wildman–Crippen LogP) is 5.31. The Kier molecular flexibility index (Phi) is 8.08. The number of ether oxygens (including phenoxy) is 2. The predicted molar refractivity (Wildman–Crippen MR) is 124 cm³/mol. The van der Waals surface area contributed by atoms with Crippen LogP contribution >= 0.6 is 0 Å². The minimum atomic E-state index is -0.734. The number of fused-ring (bicyclic) bond motifs is 1. The van der Waals surface area contributed by atoms with E-state index in [9.17, 15) is 14.7 Å². The Balaban J connectivity index is 1.61. The average molecular weight is 439 g/mol. The van der Waals surface area contributed by atoms with E-state index < -0.39 is 11.5 Å². The third kappa shape index (κ3) is 5.98. The molecule has 5 nitrogen and oxygen atoms in total. The Morgan fingerprint density at radius 3 is 2.56 bits per heavy atom. The van der Waals surface area contributed by atoms with E-state index in [2.05, 4.69) is 24.3 Å². The van der Waals surface area contributed by atoms with Gasteiger partial charge in [0.25, 0.3) is 0 Å². The second-order valence-electron chi connectivity index (χ2n) is 9.12. The minimum absolute atomic E-state index is 0.0503. The number of rotatable bonds is 11. The Labute approximate surface area is 190 Å². The molecule has 3 rings (SSSR count). The average Bonchev–Trinajstić information content (AvgIpc) is 2.75. The SMILES string of the molecule is CC(=O)CCC1C(=O)c2c(CO)cc(OCCCCCc3ccccc3)cc2OC1(C)C. The summed E-state index contributed by atoms with van der Waals surface area (Å²) in [6.07, 6.45) is 4.92. The highest BCUT2D eigenvalue weighted by molar-refractivity contribution is 6.03. The van der Waals surface area contributed by atoms with Crippen LogP contribution in [-0.4, -0.2) is 28.9 Å². The summed E-state index contributed by atoms with van der Waals surface area (Å²) >= 11 is 0. The first kappa shape index (κ1) is 24.0. The number of aliphatic hydroxyl groups is 1. The molecule has 0 bridgehead atoms. The lowest BCUT2D eigenvalue weighted by Crippen LogP contribution is -2.46. The maximum absolute atomic E-state index is 13.2. The van der Waals surface area contributed by atoms with Gasteiger partial charge in [0, 0.05) is 12.5 Å². The van der Waals surface area contributed by atoms with E-state index in [1.54, 1.807) is 12.1 Å². The molecular formula is C27H34O5. The van der Waals surface area contributed by atoms with Gasteiger partial charge in [-0.2, -0.15) is 0 Å². The lowest BCUT2D eigenvalue weighted by molar-refractivity contribution is -0.117. The topological polar surface area (TPSA) is 72.8 Å². The number of carbonyl (C=O) groups is 2. The summed E-state index contributed by atoms with van der Waals surface area (Å²) in [7, 11) is 0. The molecule has 32 heavy (non-hydrogen) atoms. The maximum Gasteiger partial charge on any atom is 0.174 e. The zero-order valence-electron chi connectivity index (χ0n) is 19.4. The highest BCUT2D eigenvalue weighted by Crippen LogP contribution is 2.42. The van der Waals surface area contributed by atoms with Crippen molar-refractivity contribution >= 4 is 11.6 Å². The lowest BCUT2D eigenvalue weighted by Gasteiger charge is -2.39. The molecule has 1 N–H and O–H groups in total. The Bertz CT molecular complexity index is 933. The number of aliphatic hydroxyl groups excluding tert-OH is 1. The lowest BCUT2D eigenvalue weighted by atomic mass is 9.77. The van der Waals surface area contributed by atoms with Crippen molar-refractivity contribution in [3.63, 3.8) is 0 Å². The summed E-state index contributed by atoms with van der Waals surface area (Å²) in [5, 5.41) is 9.90. The number of hydrogen-bond donors (Lipinski definition) is 1. The number of Topliss-reactive ketones (excluding diaryl/α,β-unsaturated/α-hetero) is 2. The van der Waals surface area contributed by atoms with Crippen molar-refractivity contribution in [2.24, 2.45) is 5.92 Å².